The molecule has 3 fully saturated rings. The smallest absolute Gasteiger partial charge is 0.326 e. The number of nitrogens with one attached hydrogen (secondary N) is 1. The summed E-state index contributed by atoms with van der Waals surface area (Å²) >= 11 is 0. The fourth-order valence-corrected chi connectivity index (χ4v) is 8.96. The number of likely N-dealkylation sites (tertiary alicyclic amines) is 1. The van der Waals surface area contributed by atoms with Crippen LogP contribution >= 0.6 is 21.6 Å². The molecule has 5 atom stereocenters. The van der Waals surface area contributed by atoms with E-state index in [1.807, 2.05) is 39.8 Å². The average molecular weight is 549 g/mol. The van der Waals surface area contributed by atoms with E-state index in [0.717, 1.165) is 50.2 Å². The van der Waals surface area contributed by atoms with Crippen molar-refractivity contribution in [2.24, 2.45) is 11.8 Å². The van der Waals surface area contributed by atoms with Crippen molar-refractivity contribution in [2.45, 2.75) is 88.1 Å². The third-order valence-electron chi connectivity index (χ3n) is 7.87. The van der Waals surface area contributed by atoms with Gasteiger partial charge in [-0.25, -0.2) is 4.79 Å². The monoisotopic (exact) mass is 548 g/mol. The minimum absolute atomic E-state index is 0.0833. The number of carbonyl (C=O) groups excluding carboxylic acids is 2. The van der Waals surface area contributed by atoms with Gasteiger partial charge in [0, 0.05) is 43.4 Å². The standard InChI is InChI=1S/C28H40N2O5S2/c31-25(30-19-21-9-6-11-23(21)27(30)28(33)34)15-17-29-24(14-13-20-7-2-1-3-8-20)35-26(32)12-5-4-10-22-16-18-36-37-22/h1-3,7-8,21-24,27,29H,4-6,9-19H2,(H,33,34). The Kier molecular flexibility index (Phi) is 11.0. The molecule has 204 valence electrons. The van der Waals surface area contributed by atoms with Crippen LogP contribution in [0.1, 0.15) is 69.8 Å². The second kappa shape index (κ2) is 14.4. The molecule has 5 unspecified atom stereocenters. The molecule has 0 radical (unpaired) electrons. The number of aryl methyl sites for hydroxylation is 1. The molecule has 37 heavy (non-hydrogen) atoms. The summed E-state index contributed by atoms with van der Waals surface area (Å²) in [6.07, 6.45) is 8.72. The molecule has 7 nitrogen and oxygen atoms in total. The lowest BCUT2D eigenvalue weighted by atomic mass is 9.94. The Bertz CT molecular complexity index is 896. The quantitative estimate of drug-likeness (QED) is 0.147. The molecule has 9 heteroatoms. The second-order valence-electron chi connectivity index (χ2n) is 10.5. The zero-order valence-corrected chi connectivity index (χ0v) is 23.1. The number of benzene rings is 1. The summed E-state index contributed by atoms with van der Waals surface area (Å²) in [4.78, 5) is 39.0. The molecule has 2 heterocycles. The van der Waals surface area contributed by atoms with Crippen LogP contribution in [0.3, 0.4) is 0 Å². The maximum absolute atomic E-state index is 13.0. The van der Waals surface area contributed by atoms with Crippen LogP contribution in [-0.2, 0) is 25.5 Å². The fourth-order valence-electron chi connectivity index (χ4n) is 5.93. The van der Waals surface area contributed by atoms with Crippen LogP contribution in [-0.4, -0.2) is 64.2 Å². The van der Waals surface area contributed by atoms with Crippen LogP contribution in [0.2, 0.25) is 0 Å². The normalized spacial score (nSPS) is 25.7. The van der Waals surface area contributed by atoms with Crippen LogP contribution in [0.25, 0.3) is 0 Å². The Morgan fingerprint density at radius 2 is 1.95 bits per heavy atom. The molecule has 0 bridgehead atoms. The summed E-state index contributed by atoms with van der Waals surface area (Å²) in [5, 5.41) is 13.7. The third kappa shape index (κ3) is 8.39. The SMILES string of the molecule is O=C(CCCCC1CCSS1)OC(CCc1ccccc1)NCCC(=O)N1CC2CCCC2C1C(=O)O. The molecule has 3 aliphatic rings. The number of aliphatic carboxylic acids is 1. The first-order chi connectivity index (χ1) is 18.0. The Labute approximate surface area is 228 Å². The second-order valence-corrected chi connectivity index (χ2v) is 13.3. The highest BCUT2D eigenvalue weighted by molar-refractivity contribution is 8.77. The Balaban J connectivity index is 1.23. The largest absolute Gasteiger partial charge is 0.480 e. The molecule has 2 saturated heterocycles. The van der Waals surface area contributed by atoms with Crippen molar-refractivity contribution >= 4 is 39.4 Å². The van der Waals surface area contributed by atoms with Crippen LogP contribution < -0.4 is 5.32 Å². The number of carbonyl (C=O) groups is 3. The summed E-state index contributed by atoms with van der Waals surface area (Å²) in [6, 6.07) is 9.37. The van der Waals surface area contributed by atoms with E-state index in [9.17, 15) is 19.5 Å². The summed E-state index contributed by atoms with van der Waals surface area (Å²) in [7, 11) is 3.91. The molecule has 1 amide bonds. The molecule has 2 aliphatic heterocycles. The van der Waals surface area contributed by atoms with E-state index < -0.39 is 18.2 Å². The zero-order chi connectivity index (χ0) is 26.0. The molecule has 1 aliphatic carbocycles. The average Bonchev–Trinajstić information content (AvgIpc) is 3.63. The number of nitrogens with zero attached hydrogens (tertiary/aromatic N) is 1. The summed E-state index contributed by atoms with van der Waals surface area (Å²) < 4.78 is 5.79. The molecule has 1 aromatic carbocycles. The van der Waals surface area contributed by atoms with Crippen LogP contribution in [0.4, 0.5) is 0 Å². The van der Waals surface area contributed by atoms with Gasteiger partial charge in [-0.05, 0) is 55.9 Å². The maximum Gasteiger partial charge on any atom is 0.326 e. The lowest BCUT2D eigenvalue weighted by Crippen LogP contribution is -2.44. The van der Waals surface area contributed by atoms with Gasteiger partial charge in [-0.3, -0.25) is 14.9 Å². The van der Waals surface area contributed by atoms with Crippen LogP contribution in [0.5, 0.6) is 0 Å². The molecule has 1 saturated carbocycles. The van der Waals surface area contributed by atoms with E-state index in [4.69, 9.17) is 4.74 Å². The number of ether oxygens (including phenoxy) is 1. The zero-order valence-electron chi connectivity index (χ0n) is 21.5. The summed E-state index contributed by atoms with van der Waals surface area (Å²) in [6.45, 7) is 0.894. The first-order valence-electron chi connectivity index (χ1n) is 13.8. The number of rotatable bonds is 14. The minimum atomic E-state index is -0.893. The number of esters is 1. The first kappa shape index (κ1) is 28.3. The van der Waals surface area contributed by atoms with Crippen molar-refractivity contribution in [1.82, 2.24) is 10.2 Å². The maximum atomic E-state index is 13.0. The molecule has 0 spiro atoms. The molecular weight excluding hydrogens is 508 g/mol. The number of carboxylic acid groups (broad SMARTS) is 1. The Morgan fingerprint density at radius 1 is 1.11 bits per heavy atom. The van der Waals surface area contributed by atoms with Gasteiger partial charge in [-0.1, -0.05) is 64.8 Å². The van der Waals surface area contributed by atoms with E-state index >= 15 is 0 Å². The lowest BCUT2D eigenvalue weighted by Gasteiger charge is -2.25. The predicted octanol–water partition coefficient (Wildman–Crippen LogP) is 4.89. The molecule has 0 aromatic heterocycles. The van der Waals surface area contributed by atoms with E-state index in [-0.39, 0.29) is 24.2 Å². The van der Waals surface area contributed by atoms with Crippen molar-refractivity contribution in [2.75, 3.05) is 18.8 Å². The Hall–Kier alpha value is -1.71. The molecular formula is C28H40N2O5S2. The van der Waals surface area contributed by atoms with Gasteiger partial charge in [-0.15, -0.1) is 0 Å². The van der Waals surface area contributed by atoms with Gasteiger partial charge in [0.15, 0.2) is 6.23 Å². The molecule has 2 N–H and O–H groups in total. The third-order valence-corrected chi connectivity index (χ3v) is 10.9. The predicted molar refractivity (Wildman–Crippen MR) is 148 cm³/mol. The topological polar surface area (TPSA) is 95.9 Å². The van der Waals surface area contributed by atoms with Gasteiger partial charge < -0.3 is 14.7 Å². The van der Waals surface area contributed by atoms with Crippen molar-refractivity contribution in [3.8, 4) is 0 Å². The van der Waals surface area contributed by atoms with Crippen molar-refractivity contribution < 1.29 is 24.2 Å². The number of unbranched alkanes of at least 4 members (excludes halogenated alkanes) is 1. The van der Waals surface area contributed by atoms with Gasteiger partial charge >= 0.3 is 11.9 Å². The first-order valence-corrected chi connectivity index (χ1v) is 16.2. The van der Waals surface area contributed by atoms with Gasteiger partial charge in [-0.2, -0.15) is 0 Å². The van der Waals surface area contributed by atoms with Crippen molar-refractivity contribution in [1.29, 1.82) is 0 Å². The summed E-state index contributed by atoms with van der Waals surface area (Å²) in [5.74, 6) is 0.387. The van der Waals surface area contributed by atoms with Crippen LogP contribution in [0, 0.1) is 11.8 Å². The number of hydrogen-bond acceptors (Lipinski definition) is 7. The lowest BCUT2D eigenvalue weighted by molar-refractivity contribution is -0.152. The number of carboxylic acids is 1. The van der Waals surface area contributed by atoms with E-state index in [1.54, 1.807) is 4.90 Å². The number of amides is 1. The van der Waals surface area contributed by atoms with E-state index in [1.165, 1.54) is 17.7 Å². The number of fused-ring (bicyclic) bond motifs is 1. The highest BCUT2D eigenvalue weighted by Gasteiger charge is 2.49. The minimum Gasteiger partial charge on any atom is -0.480 e. The van der Waals surface area contributed by atoms with Gasteiger partial charge in [0.1, 0.15) is 6.04 Å². The van der Waals surface area contributed by atoms with Gasteiger partial charge in [0.25, 0.3) is 0 Å². The van der Waals surface area contributed by atoms with E-state index in [0.29, 0.717) is 31.8 Å². The number of hydrogen-bond donors (Lipinski definition) is 2. The molecule has 1 aromatic rings. The van der Waals surface area contributed by atoms with E-state index in [2.05, 4.69) is 17.4 Å². The van der Waals surface area contributed by atoms with Gasteiger partial charge in [0.2, 0.25) is 5.91 Å². The van der Waals surface area contributed by atoms with Crippen molar-refractivity contribution in [3.05, 3.63) is 35.9 Å². The Morgan fingerprint density at radius 3 is 2.70 bits per heavy atom. The highest BCUT2D eigenvalue weighted by Crippen LogP contribution is 2.42. The fraction of sp³-hybridized carbons (Fsp3) is 0.679. The summed E-state index contributed by atoms with van der Waals surface area (Å²) in [5.41, 5.74) is 1.17. The van der Waals surface area contributed by atoms with Gasteiger partial charge in [0.05, 0.1) is 0 Å². The van der Waals surface area contributed by atoms with Crippen molar-refractivity contribution in [3.63, 3.8) is 0 Å². The highest BCUT2D eigenvalue weighted by atomic mass is 33.1. The van der Waals surface area contributed by atoms with Crippen LogP contribution in [0.15, 0.2) is 30.3 Å². The molecule has 4 rings (SSSR count).